The molecule has 138 valence electrons. The molecule has 1 unspecified atom stereocenters. The van der Waals surface area contributed by atoms with Gasteiger partial charge in [-0.25, -0.2) is 0 Å². The van der Waals surface area contributed by atoms with E-state index in [1.807, 2.05) is 49.4 Å². The van der Waals surface area contributed by atoms with Crippen LogP contribution in [-0.2, 0) is 6.54 Å². The number of carbonyl (C=O) groups excluding carboxylic acids is 1. The molecule has 1 atom stereocenters. The van der Waals surface area contributed by atoms with E-state index in [0.29, 0.717) is 5.56 Å². The molecule has 0 bridgehead atoms. The first-order valence-corrected chi connectivity index (χ1v) is 9.12. The van der Waals surface area contributed by atoms with E-state index < -0.39 is 0 Å². The Labute approximate surface area is 154 Å². The van der Waals surface area contributed by atoms with Crippen LogP contribution in [0.15, 0.2) is 42.5 Å². The molecule has 1 N–H and O–H groups in total. The van der Waals surface area contributed by atoms with Gasteiger partial charge >= 0.3 is 0 Å². The molecule has 1 amide bonds. The lowest BCUT2D eigenvalue weighted by Crippen LogP contribution is -2.26. The van der Waals surface area contributed by atoms with Crippen molar-refractivity contribution in [2.24, 2.45) is 0 Å². The van der Waals surface area contributed by atoms with E-state index in [0.717, 1.165) is 36.7 Å². The van der Waals surface area contributed by atoms with Gasteiger partial charge in [-0.05, 0) is 55.4 Å². The number of carbonyl (C=O) groups is 1. The molecule has 2 aromatic carbocycles. The Morgan fingerprint density at radius 2 is 1.77 bits per heavy atom. The number of fused-ring (bicyclic) bond motifs is 1. The molecular weight excluding hydrogens is 328 g/mol. The van der Waals surface area contributed by atoms with Crippen LogP contribution in [0.5, 0.6) is 11.5 Å². The van der Waals surface area contributed by atoms with Gasteiger partial charge in [0.15, 0.2) is 11.5 Å². The van der Waals surface area contributed by atoms with Crippen molar-refractivity contribution in [2.45, 2.75) is 33.4 Å². The fourth-order valence-corrected chi connectivity index (χ4v) is 3.01. The molecule has 0 saturated heterocycles. The van der Waals surface area contributed by atoms with Crippen LogP contribution in [0.4, 0.5) is 0 Å². The van der Waals surface area contributed by atoms with Crippen LogP contribution in [0, 0.1) is 0 Å². The van der Waals surface area contributed by atoms with Gasteiger partial charge in [0.25, 0.3) is 5.91 Å². The first-order valence-electron chi connectivity index (χ1n) is 9.12. The van der Waals surface area contributed by atoms with Crippen LogP contribution in [-0.4, -0.2) is 30.7 Å². The average Bonchev–Trinajstić information content (AvgIpc) is 3.14. The van der Waals surface area contributed by atoms with Gasteiger partial charge in [0.1, 0.15) is 0 Å². The Kier molecular flexibility index (Phi) is 5.78. The Balaban J connectivity index is 1.62. The third-order valence-electron chi connectivity index (χ3n) is 4.76. The molecule has 0 spiro atoms. The van der Waals surface area contributed by atoms with Gasteiger partial charge in [-0.2, -0.15) is 0 Å². The zero-order valence-electron chi connectivity index (χ0n) is 15.6. The van der Waals surface area contributed by atoms with Crippen molar-refractivity contribution < 1.29 is 14.3 Å². The Morgan fingerprint density at radius 1 is 1.08 bits per heavy atom. The number of rotatable bonds is 7. The number of hydrogen-bond donors (Lipinski definition) is 1. The zero-order chi connectivity index (χ0) is 18.5. The van der Waals surface area contributed by atoms with E-state index in [1.54, 1.807) is 0 Å². The molecule has 0 saturated carbocycles. The molecule has 0 radical (unpaired) electrons. The zero-order valence-corrected chi connectivity index (χ0v) is 15.6. The maximum absolute atomic E-state index is 12.5. The summed E-state index contributed by atoms with van der Waals surface area (Å²) in [6.45, 7) is 9.47. The number of nitrogens with one attached hydrogen (secondary N) is 1. The molecular formula is C21H26N2O3. The number of amides is 1. The third-order valence-corrected chi connectivity index (χ3v) is 4.76. The SMILES string of the molecule is CCN(CC)Cc1ccc(C(=O)NC(C)c2ccc3c(c2)OCO3)cc1. The molecule has 1 aliphatic heterocycles. The van der Waals surface area contributed by atoms with E-state index >= 15 is 0 Å². The summed E-state index contributed by atoms with van der Waals surface area (Å²) in [5.41, 5.74) is 2.87. The quantitative estimate of drug-likeness (QED) is 0.823. The van der Waals surface area contributed by atoms with Crippen LogP contribution >= 0.6 is 0 Å². The molecule has 1 aliphatic rings. The van der Waals surface area contributed by atoms with Crippen LogP contribution in [0.2, 0.25) is 0 Å². The number of hydrogen-bond acceptors (Lipinski definition) is 4. The first kappa shape index (κ1) is 18.3. The lowest BCUT2D eigenvalue weighted by atomic mass is 10.1. The monoisotopic (exact) mass is 354 g/mol. The third kappa shape index (κ3) is 4.17. The predicted molar refractivity (Wildman–Crippen MR) is 102 cm³/mol. The summed E-state index contributed by atoms with van der Waals surface area (Å²) in [7, 11) is 0. The van der Waals surface area contributed by atoms with E-state index in [4.69, 9.17) is 9.47 Å². The fourth-order valence-electron chi connectivity index (χ4n) is 3.01. The summed E-state index contributed by atoms with van der Waals surface area (Å²) in [6.07, 6.45) is 0. The summed E-state index contributed by atoms with van der Waals surface area (Å²) in [5.74, 6) is 1.39. The van der Waals surface area contributed by atoms with Crippen LogP contribution in [0.25, 0.3) is 0 Å². The highest BCUT2D eigenvalue weighted by molar-refractivity contribution is 5.94. The van der Waals surface area contributed by atoms with Crippen molar-refractivity contribution in [2.75, 3.05) is 19.9 Å². The number of ether oxygens (including phenoxy) is 2. The largest absolute Gasteiger partial charge is 0.454 e. The van der Waals surface area contributed by atoms with Gasteiger partial charge in [0, 0.05) is 12.1 Å². The summed E-state index contributed by atoms with van der Waals surface area (Å²) >= 11 is 0. The van der Waals surface area contributed by atoms with Crippen LogP contribution < -0.4 is 14.8 Å². The second-order valence-electron chi connectivity index (χ2n) is 6.47. The van der Waals surface area contributed by atoms with Gasteiger partial charge in [-0.3, -0.25) is 9.69 Å². The van der Waals surface area contributed by atoms with Crippen LogP contribution in [0.3, 0.4) is 0 Å². The van der Waals surface area contributed by atoms with E-state index in [2.05, 4.69) is 24.1 Å². The lowest BCUT2D eigenvalue weighted by molar-refractivity contribution is 0.0939. The summed E-state index contributed by atoms with van der Waals surface area (Å²) in [5, 5.41) is 3.04. The van der Waals surface area contributed by atoms with Crippen LogP contribution in [0.1, 0.15) is 48.3 Å². The average molecular weight is 354 g/mol. The summed E-state index contributed by atoms with van der Waals surface area (Å²) in [6, 6.07) is 13.5. The smallest absolute Gasteiger partial charge is 0.251 e. The molecule has 2 aromatic rings. The fraction of sp³-hybridized carbons (Fsp3) is 0.381. The number of benzene rings is 2. The Bertz CT molecular complexity index is 754. The highest BCUT2D eigenvalue weighted by Gasteiger charge is 2.17. The van der Waals surface area contributed by atoms with Gasteiger partial charge < -0.3 is 14.8 Å². The maximum atomic E-state index is 12.5. The predicted octanol–water partition coefficient (Wildman–Crippen LogP) is 3.75. The standard InChI is InChI=1S/C21H26N2O3/c1-4-23(5-2)13-16-6-8-17(9-7-16)21(24)22-15(3)18-10-11-19-20(12-18)26-14-25-19/h6-12,15H,4-5,13-14H2,1-3H3,(H,22,24). The van der Waals surface area contributed by atoms with Crippen molar-refractivity contribution in [3.05, 3.63) is 59.2 Å². The van der Waals surface area contributed by atoms with Crippen molar-refractivity contribution >= 4 is 5.91 Å². The summed E-state index contributed by atoms with van der Waals surface area (Å²) < 4.78 is 10.7. The maximum Gasteiger partial charge on any atom is 0.251 e. The molecule has 0 aromatic heterocycles. The normalized spacial score (nSPS) is 13.7. The molecule has 26 heavy (non-hydrogen) atoms. The van der Waals surface area contributed by atoms with E-state index in [1.165, 1.54) is 5.56 Å². The second kappa shape index (κ2) is 8.23. The Morgan fingerprint density at radius 3 is 2.46 bits per heavy atom. The van der Waals surface area contributed by atoms with E-state index in [-0.39, 0.29) is 18.7 Å². The minimum absolute atomic E-state index is 0.0791. The Hall–Kier alpha value is -2.53. The highest BCUT2D eigenvalue weighted by atomic mass is 16.7. The molecule has 5 nitrogen and oxygen atoms in total. The lowest BCUT2D eigenvalue weighted by Gasteiger charge is -2.18. The van der Waals surface area contributed by atoms with Crippen molar-refractivity contribution in [3.8, 4) is 11.5 Å². The molecule has 3 rings (SSSR count). The van der Waals surface area contributed by atoms with Crippen molar-refractivity contribution in [3.63, 3.8) is 0 Å². The van der Waals surface area contributed by atoms with Crippen molar-refractivity contribution in [1.82, 2.24) is 10.2 Å². The first-order chi connectivity index (χ1) is 12.6. The minimum Gasteiger partial charge on any atom is -0.454 e. The van der Waals surface area contributed by atoms with Gasteiger partial charge in [0.05, 0.1) is 6.04 Å². The summed E-state index contributed by atoms with van der Waals surface area (Å²) in [4.78, 5) is 14.9. The van der Waals surface area contributed by atoms with Gasteiger partial charge in [-0.1, -0.05) is 32.0 Å². The highest BCUT2D eigenvalue weighted by Crippen LogP contribution is 2.34. The topological polar surface area (TPSA) is 50.8 Å². The second-order valence-corrected chi connectivity index (χ2v) is 6.47. The molecule has 5 heteroatoms. The molecule has 0 fully saturated rings. The molecule has 0 aliphatic carbocycles. The van der Waals surface area contributed by atoms with Gasteiger partial charge in [-0.15, -0.1) is 0 Å². The van der Waals surface area contributed by atoms with E-state index in [9.17, 15) is 4.79 Å². The van der Waals surface area contributed by atoms with Gasteiger partial charge in [0.2, 0.25) is 6.79 Å². The van der Waals surface area contributed by atoms with Crippen molar-refractivity contribution in [1.29, 1.82) is 0 Å². The molecule has 1 heterocycles. The minimum atomic E-state index is -0.118. The number of nitrogens with zero attached hydrogens (tertiary/aromatic N) is 1.